The summed E-state index contributed by atoms with van der Waals surface area (Å²) in [6.07, 6.45) is 11.7. The Morgan fingerprint density at radius 3 is 2.11 bits per heavy atom. The zero-order valence-corrected chi connectivity index (χ0v) is 24.5. The number of carbonyl (C=O) groups excluding carboxylic acids is 2. The molecule has 0 aromatic heterocycles. The molecule has 0 saturated heterocycles. The first-order valence-electron chi connectivity index (χ1n) is 14.1. The first kappa shape index (κ1) is 29.7. The predicted octanol–water partition coefficient (Wildman–Crippen LogP) is 8.71. The van der Waals surface area contributed by atoms with Crippen LogP contribution in [0.3, 0.4) is 0 Å². The summed E-state index contributed by atoms with van der Waals surface area (Å²) in [5, 5.41) is 0. The third-order valence-electron chi connectivity index (χ3n) is 7.29. The molecule has 0 spiro atoms. The smallest absolute Gasteiger partial charge is 0.185 e. The number of ketones is 2. The molecule has 1 saturated carbocycles. The Morgan fingerprint density at radius 1 is 0.921 bits per heavy atom. The Kier molecular flexibility index (Phi) is 9.98. The molecule has 4 heteroatoms. The van der Waals surface area contributed by atoms with Crippen LogP contribution in [0.2, 0.25) is 0 Å². The first-order chi connectivity index (χ1) is 17.8. The highest BCUT2D eigenvalue weighted by Gasteiger charge is 2.33. The summed E-state index contributed by atoms with van der Waals surface area (Å²) in [5.74, 6) is 2.36. The van der Waals surface area contributed by atoms with Crippen LogP contribution in [0.5, 0.6) is 11.5 Å². The molecule has 1 aliphatic carbocycles. The predicted molar refractivity (Wildman–Crippen MR) is 156 cm³/mol. The van der Waals surface area contributed by atoms with Gasteiger partial charge in [0.2, 0.25) is 0 Å². The van der Waals surface area contributed by atoms with E-state index in [1.807, 2.05) is 70.2 Å². The third-order valence-corrected chi connectivity index (χ3v) is 7.29. The maximum Gasteiger partial charge on any atom is 0.185 e. The van der Waals surface area contributed by atoms with E-state index in [0.717, 1.165) is 47.1 Å². The van der Waals surface area contributed by atoms with Gasteiger partial charge in [-0.15, -0.1) is 0 Å². The van der Waals surface area contributed by atoms with Gasteiger partial charge in [0.25, 0.3) is 0 Å². The fourth-order valence-corrected chi connectivity index (χ4v) is 5.05. The summed E-state index contributed by atoms with van der Waals surface area (Å²) in [6.45, 7) is 14.5. The Balaban J connectivity index is 1.58. The van der Waals surface area contributed by atoms with E-state index in [0.29, 0.717) is 12.0 Å². The third kappa shape index (κ3) is 8.85. The topological polar surface area (TPSA) is 52.6 Å². The van der Waals surface area contributed by atoms with E-state index in [1.165, 1.54) is 32.1 Å². The van der Waals surface area contributed by atoms with Crippen LogP contribution in [0, 0.1) is 25.2 Å². The van der Waals surface area contributed by atoms with E-state index in [1.54, 1.807) is 6.08 Å². The van der Waals surface area contributed by atoms with Crippen molar-refractivity contribution >= 4 is 17.6 Å². The molecule has 2 aromatic carbocycles. The van der Waals surface area contributed by atoms with E-state index >= 15 is 0 Å². The summed E-state index contributed by atoms with van der Waals surface area (Å²) >= 11 is 0. The molecule has 3 rings (SSSR count). The van der Waals surface area contributed by atoms with Crippen molar-refractivity contribution in [1.29, 1.82) is 0 Å². The SMILES string of the molecule is Cc1cc(/C=C/C(=O)c2ccc(OCCC3CCCCC3)cc2)cc(C)c1OC(C)(C)C(=O)CC(C)(C)C. The molecule has 0 unspecified atom stereocenters. The fraction of sp³-hybridized carbons (Fsp3) is 0.529. The lowest BCUT2D eigenvalue weighted by atomic mass is 9.85. The van der Waals surface area contributed by atoms with Crippen LogP contribution < -0.4 is 9.47 Å². The summed E-state index contributed by atoms with van der Waals surface area (Å²) in [7, 11) is 0. The van der Waals surface area contributed by atoms with Gasteiger partial charge in [0.15, 0.2) is 17.2 Å². The van der Waals surface area contributed by atoms with Gasteiger partial charge in [-0.25, -0.2) is 0 Å². The normalized spacial score (nSPS) is 15.0. The van der Waals surface area contributed by atoms with Crippen LogP contribution >= 0.6 is 0 Å². The number of benzene rings is 2. The second kappa shape index (κ2) is 12.8. The molecule has 0 atom stereocenters. The van der Waals surface area contributed by atoms with Crippen molar-refractivity contribution in [1.82, 2.24) is 0 Å². The largest absolute Gasteiger partial charge is 0.494 e. The molecule has 0 N–H and O–H groups in total. The van der Waals surface area contributed by atoms with Crippen LogP contribution in [0.1, 0.15) is 107 Å². The summed E-state index contributed by atoms with van der Waals surface area (Å²) in [6, 6.07) is 11.4. The quantitative estimate of drug-likeness (QED) is 0.220. The second-order valence-corrected chi connectivity index (χ2v) is 12.6. The lowest BCUT2D eigenvalue weighted by molar-refractivity contribution is -0.133. The van der Waals surface area contributed by atoms with E-state index in [4.69, 9.17) is 9.47 Å². The van der Waals surface area contributed by atoms with Crippen molar-refractivity contribution < 1.29 is 19.1 Å². The molecule has 1 aliphatic rings. The van der Waals surface area contributed by atoms with Crippen molar-refractivity contribution in [2.24, 2.45) is 11.3 Å². The number of carbonyl (C=O) groups is 2. The van der Waals surface area contributed by atoms with E-state index in [-0.39, 0.29) is 17.0 Å². The van der Waals surface area contributed by atoms with E-state index in [9.17, 15) is 9.59 Å². The molecule has 0 radical (unpaired) electrons. The van der Waals surface area contributed by atoms with Crippen LogP contribution in [-0.4, -0.2) is 23.8 Å². The number of ether oxygens (including phenoxy) is 2. The Labute approximate surface area is 229 Å². The zero-order chi connectivity index (χ0) is 27.9. The molecular formula is C34H46O4. The number of Topliss-reactive ketones (excluding diaryl/α,β-unsaturated/α-hetero) is 1. The average molecular weight is 519 g/mol. The van der Waals surface area contributed by atoms with Gasteiger partial charge in [0, 0.05) is 12.0 Å². The Morgan fingerprint density at radius 2 is 1.53 bits per heavy atom. The van der Waals surface area contributed by atoms with Crippen LogP contribution in [0.25, 0.3) is 6.08 Å². The highest BCUT2D eigenvalue weighted by molar-refractivity contribution is 6.06. The number of rotatable bonds is 11. The van der Waals surface area contributed by atoms with Crippen LogP contribution in [0.15, 0.2) is 42.5 Å². The maximum atomic E-state index is 12.8. The van der Waals surface area contributed by atoms with Crippen molar-refractivity contribution in [2.45, 2.75) is 99.0 Å². The summed E-state index contributed by atoms with van der Waals surface area (Å²) < 4.78 is 12.2. The Hall–Kier alpha value is -2.88. The molecule has 38 heavy (non-hydrogen) atoms. The molecular weight excluding hydrogens is 472 g/mol. The van der Waals surface area contributed by atoms with Crippen molar-refractivity contribution in [3.63, 3.8) is 0 Å². The number of allylic oxidation sites excluding steroid dienone is 1. The molecule has 0 heterocycles. The van der Waals surface area contributed by atoms with Gasteiger partial charge in [-0.1, -0.05) is 59.0 Å². The summed E-state index contributed by atoms with van der Waals surface area (Å²) in [4.78, 5) is 25.6. The molecule has 1 fully saturated rings. The van der Waals surface area contributed by atoms with Gasteiger partial charge in [0.1, 0.15) is 11.5 Å². The highest BCUT2D eigenvalue weighted by atomic mass is 16.5. The number of aryl methyl sites for hydroxylation is 2. The lowest BCUT2D eigenvalue weighted by Gasteiger charge is -2.30. The maximum absolute atomic E-state index is 12.8. The van der Waals surface area contributed by atoms with Crippen molar-refractivity contribution in [2.75, 3.05) is 6.61 Å². The molecule has 0 bridgehead atoms. The molecule has 206 valence electrons. The second-order valence-electron chi connectivity index (χ2n) is 12.6. The molecule has 2 aromatic rings. The zero-order valence-electron chi connectivity index (χ0n) is 24.5. The Bertz CT molecular complexity index is 1100. The number of hydrogen-bond donors (Lipinski definition) is 0. The standard InChI is InChI=1S/C34H46O4/c1-24-21-27(22-25(2)32(24)38-34(6,7)31(36)23-33(3,4)5)13-18-30(35)28-14-16-29(17-15-28)37-20-19-26-11-9-8-10-12-26/h13-18,21-22,26H,8-12,19-20,23H2,1-7H3/b18-13+. The van der Waals surface area contributed by atoms with Crippen molar-refractivity contribution in [3.05, 3.63) is 64.7 Å². The van der Waals surface area contributed by atoms with E-state index < -0.39 is 5.60 Å². The highest BCUT2D eigenvalue weighted by Crippen LogP contribution is 2.32. The number of hydrogen-bond acceptors (Lipinski definition) is 4. The van der Waals surface area contributed by atoms with Crippen LogP contribution in [0.4, 0.5) is 0 Å². The first-order valence-corrected chi connectivity index (χ1v) is 14.1. The molecule has 0 aliphatic heterocycles. The van der Waals surface area contributed by atoms with Gasteiger partial charge >= 0.3 is 0 Å². The lowest BCUT2D eigenvalue weighted by Crippen LogP contribution is -2.40. The van der Waals surface area contributed by atoms with Gasteiger partial charge in [-0.2, -0.15) is 0 Å². The van der Waals surface area contributed by atoms with Crippen LogP contribution in [-0.2, 0) is 4.79 Å². The van der Waals surface area contributed by atoms with E-state index in [2.05, 4.69) is 20.8 Å². The van der Waals surface area contributed by atoms with Crippen molar-refractivity contribution in [3.8, 4) is 11.5 Å². The average Bonchev–Trinajstić information content (AvgIpc) is 2.85. The molecule has 0 amide bonds. The molecule has 4 nitrogen and oxygen atoms in total. The van der Waals surface area contributed by atoms with Gasteiger partial charge in [0.05, 0.1) is 6.61 Å². The van der Waals surface area contributed by atoms with Gasteiger partial charge in [-0.3, -0.25) is 9.59 Å². The minimum atomic E-state index is -0.915. The summed E-state index contributed by atoms with van der Waals surface area (Å²) in [5.41, 5.74) is 2.41. The van der Waals surface area contributed by atoms with Gasteiger partial charge < -0.3 is 9.47 Å². The fourth-order valence-electron chi connectivity index (χ4n) is 5.05. The minimum absolute atomic E-state index is 0.0525. The minimum Gasteiger partial charge on any atom is -0.494 e. The van der Waals surface area contributed by atoms with Gasteiger partial charge in [-0.05, 0) is 105 Å². The monoisotopic (exact) mass is 518 g/mol.